The lowest BCUT2D eigenvalue weighted by Gasteiger charge is -2.11. The molecule has 2 aromatic carbocycles. The van der Waals surface area contributed by atoms with Gasteiger partial charge in [-0.05, 0) is 35.9 Å². The van der Waals surface area contributed by atoms with E-state index in [9.17, 15) is 4.79 Å². The van der Waals surface area contributed by atoms with Gasteiger partial charge in [-0.2, -0.15) is 0 Å². The predicted molar refractivity (Wildman–Crippen MR) is 125 cm³/mol. The number of methoxy groups -OCH3 is 2. The van der Waals surface area contributed by atoms with Crippen molar-refractivity contribution in [2.75, 3.05) is 26.1 Å². The summed E-state index contributed by atoms with van der Waals surface area (Å²) in [6.07, 6.45) is 3.64. The molecule has 4 aromatic rings. The van der Waals surface area contributed by atoms with Crippen LogP contribution in [0.15, 0.2) is 73.2 Å². The zero-order valence-corrected chi connectivity index (χ0v) is 18.4. The van der Waals surface area contributed by atoms with Gasteiger partial charge in [0, 0.05) is 23.7 Å². The molecule has 8 nitrogen and oxygen atoms in total. The van der Waals surface area contributed by atoms with Crippen LogP contribution in [-0.4, -0.2) is 41.7 Å². The van der Waals surface area contributed by atoms with Crippen LogP contribution in [0.5, 0.6) is 17.4 Å². The Balaban J connectivity index is 1.40. The fourth-order valence-electron chi connectivity index (χ4n) is 3.30. The number of hydrogen-bond donors (Lipinski definition) is 2. The Morgan fingerprint density at radius 3 is 2.64 bits per heavy atom. The fraction of sp³-hybridized carbons (Fsp3) is 0.160. The summed E-state index contributed by atoms with van der Waals surface area (Å²) in [4.78, 5) is 23.5. The second-order valence-corrected chi connectivity index (χ2v) is 7.15. The van der Waals surface area contributed by atoms with E-state index in [1.165, 1.54) is 12.5 Å². The van der Waals surface area contributed by atoms with Crippen LogP contribution < -0.4 is 19.5 Å². The van der Waals surface area contributed by atoms with Crippen molar-refractivity contribution in [3.05, 3.63) is 84.4 Å². The van der Waals surface area contributed by atoms with E-state index in [0.717, 1.165) is 16.8 Å². The molecule has 0 bridgehead atoms. The first kappa shape index (κ1) is 21.9. The number of anilines is 1. The minimum Gasteiger partial charge on any atom is -0.493 e. The molecule has 0 spiro atoms. The van der Waals surface area contributed by atoms with E-state index in [0.29, 0.717) is 41.8 Å². The Morgan fingerprint density at radius 2 is 1.85 bits per heavy atom. The molecule has 8 heteroatoms. The molecule has 0 saturated carbocycles. The van der Waals surface area contributed by atoms with Gasteiger partial charge in [-0.25, -0.2) is 9.97 Å². The van der Waals surface area contributed by atoms with Crippen molar-refractivity contribution in [1.29, 1.82) is 0 Å². The standard InChI is InChI=1S/C25H24N4O4/c1-31-22-10-9-17(13-23(22)32-2)11-12-33-24-8-4-7-20(29-24)18-5-3-6-19(14-18)28-25(30)21-15-26-16-27-21/h3-10,13-16H,11-12H2,1-2H3,(H,26,27)(H,28,30). The number of nitrogens with one attached hydrogen (secondary N) is 2. The lowest BCUT2D eigenvalue weighted by atomic mass is 10.1. The molecule has 33 heavy (non-hydrogen) atoms. The van der Waals surface area contributed by atoms with Gasteiger partial charge in [0.05, 0.1) is 39.0 Å². The molecule has 0 unspecified atom stereocenters. The summed E-state index contributed by atoms with van der Waals surface area (Å²) in [5, 5.41) is 2.85. The van der Waals surface area contributed by atoms with E-state index >= 15 is 0 Å². The zero-order valence-electron chi connectivity index (χ0n) is 18.4. The molecule has 168 valence electrons. The SMILES string of the molecule is COc1ccc(CCOc2cccc(-c3cccc(NC(=O)c4cnc[nH]4)c3)n2)cc1OC. The highest BCUT2D eigenvalue weighted by atomic mass is 16.5. The van der Waals surface area contributed by atoms with Crippen molar-refractivity contribution in [2.24, 2.45) is 0 Å². The average Bonchev–Trinajstić information content (AvgIpc) is 3.40. The summed E-state index contributed by atoms with van der Waals surface area (Å²) < 4.78 is 16.5. The van der Waals surface area contributed by atoms with Gasteiger partial charge in [-0.15, -0.1) is 0 Å². The Labute approximate surface area is 191 Å². The Kier molecular flexibility index (Phi) is 6.84. The molecule has 1 amide bonds. The molecule has 2 heterocycles. The average molecular weight is 444 g/mol. The second-order valence-electron chi connectivity index (χ2n) is 7.15. The Bertz CT molecular complexity index is 1220. The molecular weight excluding hydrogens is 420 g/mol. The lowest BCUT2D eigenvalue weighted by molar-refractivity contribution is 0.102. The van der Waals surface area contributed by atoms with Crippen LogP contribution in [0.3, 0.4) is 0 Å². The van der Waals surface area contributed by atoms with Crippen molar-refractivity contribution in [3.63, 3.8) is 0 Å². The van der Waals surface area contributed by atoms with Gasteiger partial charge in [0.25, 0.3) is 5.91 Å². The van der Waals surface area contributed by atoms with E-state index in [1.807, 2.05) is 60.7 Å². The highest BCUT2D eigenvalue weighted by Crippen LogP contribution is 2.28. The van der Waals surface area contributed by atoms with Crippen LogP contribution in [0.1, 0.15) is 16.1 Å². The first-order valence-corrected chi connectivity index (χ1v) is 10.4. The molecule has 0 saturated heterocycles. The third kappa shape index (κ3) is 5.48. The maximum absolute atomic E-state index is 12.3. The van der Waals surface area contributed by atoms with Crippen molar-refractivity contribution >= 4 is 11.6 Å². The summed E-state index contributed by atoms with van der Waals surface area (Å²) >= 11 is 0. The third-order valence-electron chi connectivity index (χ3n) is 4.97. The van der Waals surface area contributed by atoms with Crippen LogP contribution in [0.4, 0.5) is 5.69 Å². The topological polar surface area (TPSA) is 98.4 Å². The van der Waals surface area contributed by atoms with E-state index in [-0.39, 0.29) is 5.91 Å². The van der Waals surface area contributed by atoms with Crippen LogP contribution >= 0.6 is 0 Å². The molecule has 0 radical (unpaired) electrons. The zero-order chi connectivity index (χ0) is 23.0. The first-order valence-electron chi connectivity index (χ1n) is 10.4. The van der Waals surface area contributed by atoms with Gasteiger partial charge in [-0.1, -0.05) is 24.3 Å². The van der Waals surface area contributed by atoms with Crippen LogP contribution in [0.2, 0.25) is 0 Å². The number of carbonyl (C=O) groups excluding carboxylic acids is 1. The van der Waals surface area contributed by atoms with Crippen molar-refractivity contribution < 1.29 is 19.0 Å². The van der Waals surface area contributed by atoms with E-state index < -0.39 is 0 Å². The number of imidazole rings is 1. The summed E-state index contributed by atoms with van der Waals surface area (Å²) in [5.74, 6) is 1.65. The van der Waals surface area contributed by atoms with E-state index in [2.05, 4.69) is 20.3 Å². The minimum atomic E-state index is -0.259. The summed E-state index contributed by atoms with van der Waals surface area (Å²) in [7, 11) is 3.23. The van der Waals surface area contributed by atoms with Crippen molar-refractivity contribution in [3.8, 4) is 28.6 Å². The highest BCUT2D eigenvalue weighted by Gasteiger charge is 2.09. The first-order chi connectivity index (χ1) is 16.2. The number of aromatic nitrogens is 3. The minimum absolute atomic E-state index is 0.259. The normalized spacial score (nSPS) is 10.5. The number of hydrogen-bond acceptors (Lipinski definition) is 6. The van der Waals surface area contributed by atoms with E-state index in [4.69, 9.17) is 14.2 Å². The van der Waals surface area contributed by atoms with Gasteiger partial charge in [-0.3, -0.25) is 4.79 Å². The highest BCUT2D eigenvalue weighted by molar-refractivity contribution is 6.02. The maximum atomic E-state index is 12.3. The predicted octanol–water partition coefficient (Wildman–Crippen LogP) is 4.36. The molecule has 2 aromatic heterocycles. The monoisotopic (exact) mass is 444 g/mol. The molecule has 0 atom stereocenters. The molecular formula is C25H24N4O4. The summed E-state index contributed by atoms with van der Waals surface area (Å²) in [6.45, 7) is 0.465. The maximum Gasteiger partial charge on any atom is 0.273 e. The number of ether oxygens (including phenoxy) is 3. The van der Waals surface area contributed by atoms with E-state index in [1.54, 1.807) is 14.2 Å². The number of rotatable bonds is 9. The number of H-pyrrole nitrogens is 1. The molecule has 0 fully saturated rings. The summed E-state index contributed by atoms with van der Waals surface area (Å²) in [5.41, 5.74) is 3.74. The fourth-order valence-corrected chi connectivity index (χ4v) is 3.30. The van der Waals surface area contributed by atoms with Crippen molar-refractivity contribution in [2.45, 2.75) is 6.42 Å². The number of aromatic amines is 1. The Hall–Kier alpha value is -4.33. The van der Waals surface area contributed by atoms with Crippen LogP contribution in [-0.2, 0) is 6.42 Å². The van der Waals surface area contributed by atoms with Crippen molar-refractivity contribution in [1.82, 2.24) is 15.0 Å². The van der Waals surface area contributed by atoms with Gasteiger partial charge >= 0.3 is 0 Å². The molecule has 0 aliphatic rings. The molecule has 0 aliphatic carbocycles. The number of benzene rings is 2. The molecule has 4 rings (SSSR count). The summed E-state index contributed by atoms with van der Waals surface area (Å²) in [6, 6.07) is 18.9. The smallest absolute Gasteiger partial charge is 0.273 e. The van der Waals surface area contributed by atoms with Crippen LogP contribution in [0, 0.1) is 0 Å². The lowest BCUT2D eigenvalue weighted by Crippen LogP contribution is -2.12. The number of nitrogens with zero attached hydrogens (tertiary/aromatic N) is 2. The van der Waals surface area contributed by atoms with Gasteiger partial charge in [0.15, 0.2) is 11.5 Å². The third-order valence-corrected chi connectivity index (χ3v) is 4.97. The molecule has 0 aliphatic heterocycles. The number of pyridine rings is 1. The second kappa shape index (κ2) is 10.3. The number of amides is 1. The quantitative estimate of drug-likeness (QED) is 0.398. The largest absolute Gasteiger partial charge is 0.493 e. The van der Waals surface area contributed by atoms with Gasteiger partial charge < -0.3 is 24.5 Å². The van der Waals surface area contributed by atoms with Gasteiger partial charge in [0.2, 0.25) is 5.88 Å². The Morgan fingerprint density at radius 1 is 1.00 bits per heavy atom. The van der Waals surface area contributed by atoms with Crippen LogP contribution in [0.25, 0.3) is 11.3 Å². The molecule has 2 N–H and O–H groups in total. The number of carbonyl (C=O) groups is 1. The van der Waals surface area contributed by atoms with Gasteiger partial charge in [0.1, 0.15) is 5.69 Å².